The summed E-state index contributed by atoms with van der Waals surface area (Å²) in [5, 5.41) is 3.22. The minimum atomic E-state index is -2.74. The van der Waals surface area contributed by atoms with E-state index >= 15 is 0 Å². The summed E-state index contributed by atoms with van der Waals surface area (Å²) >= 11 is 0. The van der Waals surface area contributed by atoms with Crippen LogP contribution in [0.15, 0.2) is 18.2 Å². The average molecular weight is 225 g/mol. The van der Waals surface area contributed by atoms with E-state index in [0.29, 0.717) is 0 Å². The molecule has 3 heteroatoms. The number of nitrogens with one attached hydrogen (secondary N) is 1. The van der Waals surface area contributed by atoms with Crippen LogP contribution in [0, 0.1) is 6.92 Å². The van der Waals surface area contributed by atoms with E-state index in [1.807, 2.05) is 13.0 Å². The highest BCUT2D eigenvalue weighted by molar-refractivity contribution is 5.37. The lowest BCUT2D eigenvalue weighted by Gasteiger charge is -2.20. The Balaban J connectivity index is 2.43. The summed E-state index contributed by atoms with van der Waals surface area (Å²) in [7, 11) is 0. The standard InChI is InChI=1S/C13H17F2N/c1-9-3-4-12(13(2,14)15)11(7-9)10-5-6-16-8-10/h3-4,7,10,16H,5-6,8H2,1-2H3. The predicted molar refractivity (Wildman–Crippen MR) is 61.0 cm³/mol. The molecule has 1 heterocycles. The highest BCUT2D eigenvalue weighted by Gasteiger charge is 2.31. The lowest BCUT2D eigenvalue weighted by Crippen LogP contribution is -2.15. The van der Waals surface area contributed by atoms with E-state index in [1.165, 1.54) is 0 Å². The highest BCUT2D eigenvalue weighted by Crippen LogP contribution is 2.36. The maximum Gasteiger partial charge on any atom is 0.270 e. The average Bonchev–Trinajstić information content (AvgIpc) is 2.68. The second-order valence-corrected chi connectivity index (χ2v) is 4.67. The maximum atomic E-state index is 13.5. The van der Waals surface area contributed by atoms with Gasteiger partial charge in [0.1, 0.15) is 0 Å². The molecule has 0 radical (unpaired) electrons. The van der Waals surface area contributed by atoms with E-state index in [4.69, 9.17) is 0 Å². The van der Waals surface area contributed by atoms with Gasteiger partial charge in [-0.25, -0.2) is 8.78 Å². The molecule has 0 aliphatic carbocycles. The van der Waals surface area contributed by atoms with Crippen LogP contribution >= 0.6 is 0 Å². The van der Waals surface area contributed by atoms with Crippen molar-refractivity contribution in [3.63, 3.8) is 0 Å². The van der Waals surface area contributed by atoms with E-state index in [9.17, 15) is 8.78 Å². The smallest absolute Gasteiger partial charge is 0.270 e. The van der Waals surface area contributed by atoms with Crippen molar-refractivity contribution in [1.29, 1.82) is 0 Å². The fourth-order valence-electron chi connectivity index (χ4n) is 2.34. The maximum absolute atomic E-state index is 13.5. The zero-order chi connectivity index (χ0) is 11.8. The molecule has 88 valence electrons. The first-order chi connectivity index (χ1) is 7.48. The van der Waals surface area contributed by atoms with Gasteiger partial charge in [-0.2, -0.15) is 0 Å². The number of rotatable bonds is 2. The van der Waals surface area contributed by atoms with E-state index in [2.05, 4.69) is 5.32 Å². The van der Waals surface area contributed by atoms with Gasteiger partial charge in [0.05, 0.1) is 0 Å². The Morgan fingerprint density at radius 1 is 1.38 bits per heavy atom. The van der Waals surface area contributed by atoms with Gasteiger partial charge in [-0.3, -0.25) is 0 Å². The molecule has 0 aromatic heterocycles. The molecule has 1 fully saturated rings. The van der Waals surface area contributed by atoms with Crippen molar-refractivity contribution in [2.75, 3.05) is 13.1 Å². The summed E-state index contributed by atoms with van der Waals surface area (Å²) in [6, 6.07) is 5.24. The van der Waals surface area contributed by atoms with E-state index < -0.39 is 5.92 Å². The molecule has 0 spiro atoms. The van der Waals surface area contributed by atoms with Gasteiger partial charge in [-0.15, -0.1) is 0 Å². The van der Waals surface area contributed by atoms with E-state index in [-0.39, 0.29) is 11.5 Å². The molecule has 1 atom stereocenters. The normalized spacial score (nSPS) is 21.4. The van der Waals surface area contributed by atoms with Gasteiger partial charge < -0.3 is 5.32 Å². The Bertz CT molecular complexity index is 376. The Kier molecular flexibility index (Phi) is 2.98. The molecule has 1 saturated heterocycles. The second kappa shape index (κ2) is 4.13. The third-order valence-electron chi connectivity index (χ3n) is 3.18. The summed E-state index contributed by atoms with van der Waals surface area (Å²) in [5.74, 6) is -2.51. The van der Waals surface area contributed by atoms with Crippen LogP contribution in [0.25, 0.3) is 0 Å². The van der Waals surface area contributed by atoms with E-state index in [1.54, 1.807) is 12.1 Å². The van der Waals surface area contributed by atoms with Gasteiger partial charge in [-0.1, -0.05) is 23.8 Å². The summed E-state index contributed by atoms with van der Waals surface area (Å²) < 4.78 is 27.0. The quantitative estimate of drug-likeness (QED) is 0.815. The van der Waals surface area contributed by atoms with E-state index in [0.717, 1.165) is 37.6 Å². The van der Waals surface area contributed by atoms with Gasteiger partial charge >= 0.3 is 0 Å². The molecular weight excluding hydrogens is 208 g/mol. The number of aryl methyl sites for hydroxylation is 1. The molecule has 0 bridgehead atoms. The summed E-state index contributed by atoms with van der Waals surface area (Å²) in [5.41, 5.74) is 2.05. The molecule has 16 heavy (non-hydrogen) atoms. The third-order valence-corrected chi connectivity index (χ3v) is 3.18. The van der Waals surface area contributed by atoms with Crippen molar-refractivity contribution in [2.45, 2.75) is 32.1 Å². The highest BCUT2D eigenvalue weighted by atomic mass is 19.3. The minimum absolute atomic E-state index is 0.187. The lowest BCUT2D eigenvalue weighted by atomic mass is 9.89. The molecule has 1 nitrogen and oxygen atoms in total. The number of halogens is 2. The van der Waals surface area contributed by atoms with Crippen LogP contribution in [0.5, 0.6) is 0 Å². The summed E-state index contributed by atoms with van der Waals surface area (Å²) in [4.78, 5) is 0. The van der Waals surface area contributed by atoms with Gasteiger partial charge in [-0.05, 0) is 31.4 Å². The second-order valence-electron chi connectivity index (χ2n) is 4.67. The largest absolute Gasteiger partial charge is 0.316 e. The molecule has 2 rings (SSSR count). The molecule has 1 aromatic rings. The number of hydrogen-bond donors (Lipinski definition) is 1. The van der Waals surface area contributed by atoms with Crippen LogP contribution in [0.4, 0.5) is 8.78 Å². The van der Waals surface area contributed by atoms with Crippen molar-refractivity contribution in [3.8, 4) is 0 Å². The molecule has 0 saturated carbocycles. The summed E-state index contributed by atoms with van der Waals surface area (Å²) in [6.07, 6.45) is 0.951. The molecule has 0 amide bonds. The fraction of sp³-hybridized carbons (Fsp3) is 0.538. The van der Waals surface area contributed by atoms with Crippen LogP contribution < -0.4 is 5.32 Å². The molecular formula is C13H17F2N. The molecule has 1 N–H and O–H groups in total. The Morgan fingerprint density at radius 3 is 2.69 bits per heavy atom. The number of hydrogen-bond acceptors (Lipinski definition) is 1. The van der Waals surface area contributed by atoms with Gasteiger partial charge in [0.2, 0.25) is 0 Å². The topological polar surface area (TPSA) is 12.0 Å². The van der Waals surface area contributed by atoms with Gasteiger partial charge in [0.25, 0.3) is 5.92 Å². The third kappa shape index (κ3) is 2.24. The van der Waals surface area contributed by atoms with Gasteiger partial charge in [0.15, 0.2) is 0 Å². The van der Waals surface area contributed by atoms with Crippen LogP contribution in [0.3, 0.4) is 0 Å². The Labute approximate surface area is 94.9 Å². The van der Waals surface area contributed by atoms with Crippen molar-refractivity contribution in [2.24, 2.45) is 0 Å². The SMILES string of the molecule is Cc1ccc(C(C)(F)F)c(C2CCNC2)c1. The lowest BCUT2D eigenvalue weighted by molar-refractivity contribution is 0.0162. The first-order valence-electron chi connectivity index (χ1n) is 5.68. The monoisotopic (exact) mass is 225 g/mol. The van der Waals surface area contributed by atoms with Gasteiger partial charge in [0, 0.05) is 19.0 Å². The zero-order valence-corrected chi connectivity index (χ0v) is 9.69. The van der Waals surface area contributed by atoms with Crippen molar-refractivity contribution in [3.05, 3.63) is 34.9 Å². The van der Waals surface area contributed by atoms with Crippen LogP contribution in [-0.4, -0.2) is 13.1 Å². The first-order valence-corrected chi connectivity index (χ1v) is 5.68. The summed E-state index contributed by atoms with van der Waals surface area (Å²) in [6.45, 7) is 4.66. The first kappa shape index (κ1) is 11.5. The van der Waals surface area contributed by atoms with Crippen molar-refractivity contribution < 1.29 is 8.78 Å². The Hall–Kier alpha value is -0.960. The molecule has 1 aliphatic rings. The zero-order valence-electron chi connectivity index (χ0n) is 9.69. The molecule has 1 aromatic carbocycles. The fourth-order valence-corrected chi connectivity index (χ4v) is 2.34. The number of benzene rings is 1. The van der Waals surface area contributed by atoms with Crippen molar-refractivity contribution >= 4 is 0 Å². The number of alkyl halides is 2. The Morgan fingerprint density at radius 2 is 2.12 bits per heavy atom. The predicted octanol–water partition coefficient (Wildman–Crippen LogP) is 3.18. The molecule has 1 unspecified atom stereocenters. The minimum Gasteiger partial charge on any atom is -0.316 e. The molecule has 1 aliphatic heterocycles. The van der Waals surface area contributed by atoms with Crippen LogP contribution in [0.1, 0.15) is 36.0 Å². The van der Waals surface area contributed by atoms with Crippen LogP contribution in [0.2, 0.25) is 0 Å². The van der Waals surface area contributed by atoms with Crippen molar-refractivity contribution in [1.82, 2.24) is 5.32 Å². The van der Waals surface area contributed by atoms with Crippen LogP contribution in [-0.2, 0) is 5.92 Å².